The van der Waals surface area contributed by atoms with Crippen molar-refractivity contribution in [3.05, 3.63) is 12.4 Å². The summed E-state index contributed by atoms with van der Waals surface area (Å²) in [4.78, 5) is 11.9. The number of anilines is 1. The van der Waals surface area contributed by atoms with Gasteiger partial charge >= 0.3 is 16.3 Å². The minimum absolute atomic E-state index is 0.101. The highest BCUT2D eigenvalue weighted by Crippen LogP contribution is 2.21. The first kappa shape index (κ1) is 18.5. The third kappa shape index (κ3) is 5.10. The number of rotatable bonds is 5. The molecule has 1 atom stereocenters. The normalized spacial score (nSPS) is 18.4. The van der Waals surface area contributed by atoms with E-state index in [-0.39, 0.29) is 12.6 Å². The topological polar surface area (TPSA) is 103 Å². The quantitative estimate of drug-likeness (QED) is 0.846. The van der Waals surface area contributed by atoms with Crippen LogP contribution in [0.4, 0.5) is 10.5 Å². The van der Waals surface area contributed by atoms with Crippen molar-refractivity contribution in [2.45, 2.75) is 45.3 Å². The van der Waals surface area contributed by atoms with E-state index in [1.807, 2.05) is 4.72 Å². The molecule has 1 aliphatic rings. The van der Waals surface area contributed by atoms with Gasteiger partial charge in [-0.3, -0.25) is 4.68 Å². The molecule has 0 spiro atoms. The van der Waals surface area contributed by atoms with Gasteiger partial charge in [-0.2, -0.15) is 13.5 Å². The van der Waals surface area contributed by atoms with Crippen LogP contribution in [0.15, 0.2) is 12.4 Å². The largest absolute Gasteiger partial charge is 0.443 e. The van der Waals surface area contributed by atoms with Crippen LogP contribution in [0.1, 0.15) is 33.6 Å². The second kappa shape index (κ2) is 6.98. The van der Waals surface area contributed by atoms with Crippen molar-refractivity contribution < 1.29 is 22.7 Å². The van der Waals surface area contributed by atoms with E-state index in [0.717, 1.165) is 17.1 Å². The molecule has 0 bridgehead atoms. The van der Waals surface area contributed by atoms with Crippen molar-refractivity contribution in [3.8, 4) is 0 Å². The number of hydrogen-bond acceptors (Lipinski definition) is 6. The van der Waals surface area contributed by atoms with Gasteiger partial charge in [0.05, 0.1) is 24.5 Å². The Morgan fingerprint density at radius 1 is 1.54 bits per heavy atom. The summed E-state index contributed by atoms with van der Waals surface area (Å²) in [7, 11) is -2.46. The van der Waals surface area contributed by atoms with Gasteiger partial charge in [0.25, 0.3) is 0 Å². The zero-order valence-electron chi connectivity index (χ0n) is 14.4. The Balaban J connectivity index is 2.19. The van der Waals surface area contributed by atoms with E-state index in [1.54, 1.807) is 34.0 Å². The molecule has 0 aliphatic carbocycles. The molecule has 1 fully saturated rings. The average Bonchev–Trinajstić information content (AvgIpc) is 3.03. The van der Waals surface area contributed by atoms with Gasteiger partial charge in [-0.05, 0) is 33.6 Å². The first-order valence-corrected chi connectivity index (χ1v) is 9.14. The lowest BCUT2D eigenvalue weighted by Crippen LogP contribution is -2.47. The summed E-state index contributed by atoms with van der Waals surface area (Å²) in [5, 5.41) is 3.99. The van der Waals surface area contributed by atoms with Crippen LogP contribution in [-0.4, -0.2) is 49.1 Å². The molecule has 136 valence electrons. The van der Waals surface area contributed by atoms with E-state index >= 15 is 0 Å². The predicted octanol–water partition coefficient (Wildman–Crippen LogP) is 1.17. The lowest BCUT2D eigenvalue weighted by Gasteiger charge is -2.26. The number of aryl methyl sites for hydroxylation is 1. The molecule has 1 aromatic heterocycles. The van der Waals surface area contributed by atoms with E-state index in [0.29, 0.717) is 12.3 Å². The van der Waals surface area contributed by atoms with Crippen LogP contribution in [0.25, 0.3) is 0 Å². The summed E-state index contributed by atoms with van der Waals surface area (Å²) < 4.78 is 40.3. The van der Waals surface area contributed by atoms with Crippen molar-refractivity contribution in [2.75, 3.05) is 17.5 Å². The van der Waals surface area contributed by atoms with Gasteiger partial charge in [-0.1, -0.05) is 0 Å². The number of hydrogen-bond donors (Lipinski definition) is 1. The molecule has 2 rings (SSSR count). The maximum atomic E-state index is 12.6. The molecule has 9 nitrogen and oxygen atoms in total. The second-order valence-corrected chi connectivity index (χ2v) is 8.24. The molecule has 10 heteroatoms. The second-order valence-electron chi connectivity index (χ2n) is 6.65. The molecule has 1 aliphatic heterocycles. The molecule has 1 N–H and O–H groups in total. The number of amides is 1. The van der Waals surface area contributed by atoms with Crippen LogP contribution in [0.5, 0.6) is 0 Å². The van der Waals surface area contributed by atoms with E-state index < -0.39 is 21.9 Å². The fraction of sp³-hybridized carbons (Fsp3) is 0.714. The minimum atomic E-state index is -4.15. The highest BCUT2D eigenvalue weighted by atomic mass is 32.2. The molecule has 0 radical (unpaired) electrons. The van der Waals surface area contributed by atoms with Crippen molar-refractivity contribution >= 4 is 22.0 Å². The molecular formula is C14H24N4O5S. The van der Waals surface area contributed by atoms with E-state index in [4.69, 9.17) is 9.47 Å². The van der Waals surface area contributed by atoms with Crippen molar-refractivity contribution in [1.29, 1.82) is 0 Å². The number of carbonyl (C=O) groups excluding carboxylic acids is 1. The van der Waals surface area contributed by atoms with Gasteiger partial charge in [-0.25, -0.2) is 13.8 Å². The minimum Gasteiger partial charge on any atom is -0.443 e. The average molecular weight is 360 g/mol. The van der Waals surface area contributed by atoms with Gasteiger partial charge in [0.1, 0.15) is 5.60 Å². The summed E-state index contributed by atoms with van der Waals surface area (Å²) in [6.07, 6.45) is 3.38. The summed E-state index contributed by atoms with van der Waals surface area (Å²) in [6, 6.07) is 0. The van der Waals surface area contributed by atoms with Gasteiger partial charge in [0.2, 0.25) is 0 Å². The fourth-order valence-corrected chi connectivity index (χ4v) is 3.41. The Labute approximate surface area is 142 Å². The van der Waals surface area contributed by atoms with Crippen LogP contribution in [-0.2, 0) is 26.7 Å². The van der Waals surface area contributed by atoms with Crippen LogP contribution >= 0.6 is 0 Å². The first-order valence-electron chi connectivity index (χ1n) is 7.70. The van der Waals surface area contributed by atoms with Gasteiger partial charge in [0.15, 0.2) is 0 Å². The molecular weight excluding hydrogens is 336 g/mol. The monoisotopic (exact) mass is 360 g/mol. The number of carbonyl (C=O) groups is 1. The highest BCUT2D eigenvalue weighted by Gasteiger charge is 2.31. The van der Waals surface area contributed by atoms with Gasteiger partial charge in [0, 0.05) is 19.9 Å². The third-order valence-corrected chi connectivity index (χ3v) is 4.64. The highest BCUT2D eigenvalue weighted by molar-refractivity contribution is 7.91. The molecule has 24 heavy (non-hydrogen) atoms. The van der Waals surface area contributed by atoms with Gasteiger partial charge in [-0.15, -0.1) is 0 Å². The number of nitrogens with one attached hydrogen (secondary N) is 1. The number of nitrogens with zero attached hydrogens (tertiary/aromatic N) is 3. The molecule has 1 aromatic rings. The Hall–Kier alpha value is -1.81. The Morgan fingerprint density at radius 3 is 2.75 bits per heavy atom. The van der Waals surface area contributed by atoms with Crippen LogP contribution in [0, 0.1) is 0 Å². The Kier molecular flexibility index (Phi) is 5.38. The lowest BCUT2D eigenvalue weighted by molar-refractivity contribution is 0.0569. The fourth-order valence-electron chi connectivity index (χ4n) is 2.31. The number of aromatic nitrogens is 2. The first-order chi connectivity index (χ1) is 11.1. The summed E-state index contributed by atoms with van der Waals surface area (Å²) in [5.41, 5.74) is -0.447. The summed E-state index contributed by atoms with van der Waals surface area (Å²) in [6.45, 7) is 5.67. The van der Waals surface area contributed by atoms with E-state index in [9.17, 15) is 13.2 Å². The smallest absolute Gasteiger partial charge is 0.422 e. The Morgan fingerprint density at radius 2 is 2.25 bits per heavy atom. The van der Waals surface area contributed by atoms with Crippen LogP contribution in [0.2, 0.25) is 0 Å². The zero-order valence-corrected chi connectivity index (χ0v) is 15.2. The molecule has 1 saturated heterocycles. The summed E-state index contributed by atoms with van der Waals surface area (Å²) in [5.74, 6) is 0. The van der Waals surface area contributed by atoms with Crippen molar-refractivity contribution in [1.82, 2.24) is 14.5 Å². The SMILES string of the molecule is Cn1cc(N(CC2CCCO2)S(=O)(=O)NC(=O)OC(C)(C)C)cn1. The third-order valence-electron chi connectivity index (χ3n) is 3.27. The standard InChI is InChI=1S/C14H24N4O5S/c1-14(2,3)23-13(19)16-24(20,21)18(10-12-6-5-7-22-12)11-8-15-17(4)9-11/h8-9,12H,5-7,10H2,1-4H3,(H,16,19). The van der Waals surface area contributed by atoms with E-state index in [2.05, 4.69) is 5.10 Å². The maximum Gasteiger partial charge on any atom is 0.422 e. The van der Waals surface area contributed by atoms with Crippen molar-refractivity contribution in [2.24, 2.45) is 7.05 Å². The summed E-state index contributed by atoms with van der Waals surface area (Å²) >= 11 is 0. The van der Waals surface area contributed by atoms with Crippen molar-refractivity contribution in [3.63, 3.8) is 0 Å². The molecule has 0 aromatic carbocycles. The van der Waals surface area contributed by atoms with Crippen LogP contribution < -0.4 is 9.03 Å². The van der Waals surface area contributed by atoms with Crippen LogP contribution in [0.3, 0.4) is 0 Å². The van der Waals surface area contributed by atoms with E-state index in [1.165, 1.54) is 10.9 Å². The maximum absolute atomic E-state index is 12.6. The number of ether oxygens (including phenoxy) is 2. The molecule has 1 amide bonds. The molecule has 2 heterocycles. The predicted molar refractivity (Wildman–Crippen MR) is 87.8 cm³/mol. The van der Waals surface area contributed by atoms with Gasteiger partial charge < -0.3 is 9.47 Å². The Bertz CT molecular complexity index is 674. The lowest BCUT2D eigenvalue weighted by atomic mass is 10.2. The molecule has 0 saturated carbocycles. The molecule has 1 unspecified atom stereocenters. The zero-order chi connectivity index (χ0) is 18.0.